The molecule has 0 saturated carbocycles. The highest BCUT2D eigenvalue weighted by Crippen LogP contribution is 2.22. The molecule has 0 aliphatic carbocycles. The zero-order valence-corrected chi connectivity index (χ0v) is 18.4. The highest BCUT2D eigenvalue weighted by atomic mass is 35.5. The molecule has 0 spiro atoms. The van der Waals surface area contributed by atoms with Crippen LogP contribution in [0.2, 0.25) is 5.02 Å². The number of anilines is 1. The first-order chi connectivity index (χ1) is 14.8. The average Bonchev–Trinajstić information content (AvgIpc) is 2.73. The van der Waals surface area contributed by atoms with Crippen LogP contribution in [0.5, 0.6) is 0 Å². The second kappa shape index (κ2) is 11.3. The predicted octanol–water partition coefficient (Wildman–Crippen LogP) is 3.42. The Kier molecular flexibility index (Phi) is 8.79. The molecule has 31 heavy (non-hydrogen) atoms. The SMILES string of the molecule is CCCCOC(=O)c1cc(NC(=O)Cn2c(C)cc(COC)c(C#N)c2=O)ccc1Cl. The van der Waals surface area contributed by atoms with Crippen molar-refractivity contribution in [3.63, 3.8) is 0 Å². The summed E-state index contributed by atoms with van der Waals surface area (Å²) < 4.78 is 11.4. The molecule has 9 heteroatoms. The Morgan fingerprint density at radius 1 is 1.29 bits per heavy atom. The van der Waals surface area contributed by atoms with Crippen molar-refractivity contribution in [2.75, 3.05) is 19.0 Å². The van der Waals surface area contributed by atoms with Gasteiger partial charge in [0.25, 0.3) is 5.56 Å². The fourth-order valence-electron chi connectivity index (χ4n) is 2.91. The lowest BCUT2D eigenvalue weighted by Gasteiger charge is -2.14. The molecule has 0 aliphatic heterocycles. The quantitative estimate of drug-likeness (QED) is 0.467. The Balaban J connectivity index is 2.20. The number of rotatable bonds is 9. The number of pyridine rings is 1. The number of hydrogen-bond acceptors (Lipinski definition) is 6. The van der Waals surface area contributed by atoms with Gasteiger partial charge in [-0.3, -0.25) is 9.59 Å². The van der Waals surface area contributed by atoms with E-state index >= 15 is 0 Å². The van der Waals surface area contributed by atoms with Crippen LogP contribution in [0.1, 0.15) is 46.9 Å². The van der Waals surface area contributed by atoms with Crippen LogP contribution in [0.15, 0.2) is 29.1 Å². The number of methoxy groups -OCH3 is 1. The van der Waals surface area contributed by atoms with E-state index in [4.69, 9.17) is 21.1 Å². The molecule has 1 amide bonds. The van der Waals surface area contributed by atoms with Gasteiger partial charge in [-0.1, -0.05) is 24.9 Å². The Labute approximate surface area is 185 Å². The number of aryl methyl sites for hydroxylation is 1. The number of aromatic nitrogens is 1. The third-order valence-corrected chi connectivity index (χ3v) is 4.83. The molecular weight excluding hydrogens is 422 g/mol. The highest BCUT2D eigenvalue weighted by molar-refractivity contribution is 6.33. The molecule has 0 unspecified atom stereocenters. The molecule has 1 aromatic carbocycles. The number of carbonyl (C=O) groups is 2. The third-order valence-electron chi connectivity index (χ3n) is 4.50. The number of nitriles is 1. The number of carbonyl (C=O) groups excluding carboxylic acids is 2. The lowest BCUT2D eigenvalue weighted by Crippen LogP contribution is -2.31. The van der Waals surface area contributed by atoms with E-state index in [0.29, 0.717) is 16.9 Å². The average molecular weight is 446 g/mol. The number of ether oxygens (including phenoxy) is 2. The highest BCUT2D eigenvalue weighted by Gasteiger charge is 2.17. The predicted molar refractivity (Wildman–Crippen MR) is 116 cm³/mol. The Hall–Kier alpha value is -3.15. The fourth-order valence-corrected chi connectivity index (χ4v) is 3.11. The maximum Gasteiger partial charge on any atom is 0.339 e. The van der Waals surface area contributed by atoms with Gasteiger partial charge in [0.2, 0.25) is 5.91 Å². The third kappa shape index (κ3) is 6.17. The van der Waals surface area contributed by atoms with Crippen molar-refractivity contribution in [2.45, 2.75) is 39.8 Å². The van der Waals surface area contributed by atoms with Gasteiger partial charge in [0, 0.05) is 24.1 Å². The van der Waals surface area contributed by atoms with Crippen molar-refractivity contribution in [1.29, 1.82) is 5.26 Å². The smallest absolute Gasteiger partial charge is 0.339 e. The molecule has 0 fully saturated rings. The summed E-state index contributed by atoms with van der Waals surface area (Å²) >= 11 is 6.09. The summed E-state index contributed by atoms with van der Waals surface area (Å²) in [6.45, 7) is 3.75. The van der Waals surface area contributed by atoms with Crippen molar-refractivity contribution in [1.82, 2.24) is 4.57 Å². The Morgan fingerprint density at radius 2 is 2.03 bits per heavy atom. The molecule has 8 nitrogen and oxygen atoms in total. The van der Waals surface area contributed by atoms with E-state index in [-0.39, 0.29) is 35.9 Å². The molecule has 0 aliphatic rings. The first-order valence-corrected chi connectivity index (χ1v) is 10.1. The maximum atomic E-state index is 12.6. The molecule has 0 bridgehead atoms. The van der Waals surface area contributed by atoms with Crippen LogP contribution in [0, 0.1) is 18.3 Å². The number of nitrogens with one attached hydrogen (secondary N) is 1. The van der Waals surface area contributed by atoms with Crippen LogP contribution in [0.3, 0.4) is 0 Å². The van der Waals surface area contributed by atoms with E-state index in [1.165, 1.54) is 23.8 Å². The summed E-state index contributed by atoms with van der Waals surface area (Å²) in [5, 5.41) is 12.2. The summed E-state index contributed by atoms with van der Waals surface area (Å²) in [4.78, 5) is 37.4. The Morgan fingerprint density at radius 3 is 2.68 bits per heavy atom. The largest absolute Gasteiger partial charge is 0.462 e. The summed E-state index contributed by atoms with van der Waals surface area (Å²) in [6.07, 6.45) is 1.62. The number of amides is 1. The first kappa shape index (κ1) is 24.1. The van der Waals surface area contributed by atoms with Gasteiger partial charge in [-0.25, -0.2) is 4.79 Å². The lowest BCUT2D eigenvalue weighted by atomic mass is 10.1. The van der Waals surface area contributed by atoms with Crippen molar-refractivity contribution in [2.24, 2.45) is 0 Å². The van der Waals surface area contributed by atoms with E-state index in [0.717, 1.165) is 12.8 Å². The summed E-state index contributed by atoms with van der Waals surface area (Å²) in [5.74, 6) is -1.07. The molecule has 2 aromatic rings. The molecule has 0 atom stereocenters. The van der Waals surface area contributed by atoms with Gasteiger partial charge in [0.15, 0.2) is 0 Å². The van der Waals surface area contributed by atoms with Gasteiger partial charge in [-0.2, -0.15) is 5.26 Å². The summed E-state index contributed by atoms with van der Waals surface area (Å²) in [6, 6.07) is 7.97. The normalized spacial score (nSPS) is 10.4. The van der Waals surface area contributed by atoms with Crippen LogP contribution in [-0.2, 0) is 27.4 Å². The van der Waals surface area contributed by atoms with Gasteiger partial charge in [0.05, 0.1) is 23.8 Å². The minimum Gasteiger partial charge on any atom is -0.462 e. The fraction of sp³-hybridized carbons (Fsp3) is 0.364. The summed E-state index contributed by atoms with van der Waals surface area (Å²) in [5.41, 5.74) is 0.819. The van der Waals surface area contributed by atoms with Gasteiger partial charge in [-0.05, 0) is 37.6 Å². The molecule has 1 heterocycles. The molecular formula is C22H24ClN3O5. The van der Waals surface area contributed by atoms with Crippen molar-refractivity contribution in [3.8, 4) is 6.07 Å². The number of benzene rings is 1. The van der Waals surface area contributed by atoms with E-state index < -0.39 is 17.4 Å². The molecule has 164 valence electrons. The van der Waals surface area contributed by atoms with Crippen LogP contribution in [0.4, 0.5) is 5.69 Å². The minimum absolute atomic E-state index is 0.0659. The molecule has 1 N–H and O–H groups in total. The van der Waals surface area contributed by atoms with Crippen molar-refractivity contribution >= 4 is 29.2 Å². The van der Waals surface area contributed by atoms with Crippen LogP contribution < -0.4 is 10.9 Å². The Bertz CT molecular complexity index is 1070. The van der Waals surface area contributed by atoms with Gasteiger partial charge in [0.1, 0.15) is 18.2 Å². The van der Waals surface area contributed by atoms with Crippen molar-refractivity contribution < 1.29 is 19.1 Å². The van der Waals surface area contributed by atoms with Gasteiger partial charge in [-0.15, -0.1) is 0 Å². The maximum absolute atomic E-state index is 12.6. The van der Waals surface area contributed by atoms with Crippen LogP contribution in [0.25, 0.3) is 0 Å². The van der Waals surface area contributed by atoms with Crippen LogP contribution in [-0.4, -0.2) is 30.2 Å². The number of hydrogen-bond donors (Lipinski definition) is 1. The van der Waals surface area contributed by atoms with Crippen molar-refractivity contribution in [3.05, 3.63) is 62.0 Å². The zero-order valence-electron chi connectivity index (χ0n) is 17.7. The summed E-state index contributed by atoms with van der Waals surface area (Å²) in [7, 11) is 1.47. The van der Waals surface area contributed by atoms with E-state index in [2.05, 4.69) is 5.32 Å². The van der Waals surface area contributed by atoms with Gasteiger partial charge >= 0.3 is 5.97 Å². The number of unbranched alkanes of at least 4 members (excludes halogenated alkanes) is 1. The second-order valence-corrected chi connectivity index (χ2v) is 7.26. The van der Waals surface area contributed by atoms with E-state index in [9.17, 15) is 19.6 Å². The lowest BCUT2D eigenvalue weighted by molar-refractivity contribution is -0.116. The van der Waals surface area contributed by atoms with E-state index in [1.54, 1.807) is 19.1 Å². The van der Waals surface area contributed by atoms with Crippen LogP contribution >= 0.6 is 11.6 Å². The monoisotopic (exact) mass is 445 g/mol. The standard InChI is InChI=1S/C22H24ClN3O5/c1-4-5-8-31-22(29)17-10-16(6-7-19(17)23)25-20(27)12-26-14(2)9-15(13-30-3)18(11-24)21(26)28/h6-7,9-10H,4-5,8,12-13H2,1-3H3,(H,25,27). The molecule has 0 radical (unpaired) electrons. The number of esters is 1. The van der Waals surface area contributed by atoms with E-state index in [1.807, 2.05) is 13.0 Å². The first-order valence-electron chi connectivity index (χ1n) is 9.71. The molecule has 0 saturated heterocycles. The minimum atomic E-state index is -0.575. The zero-order chi connectivity index (χ0) is 23.0. The molecule has 2 rings (SSSR count). The topological polar surface area (TPSA) is 110 Å². The molecule has 1 aromatic heterocycles. The van der Waals surface area contributed by atoms with Gasteiger partial charge < -0.3 is 19.4 Å². The second-order valence-electron chi connectivity index (χ2n) is 6.85. The number of halogens is 1. The number of nitrogens with zero attached hydrogens (tertiary/aromatic N) is 2.